The molecule has 50 heavy (non-hydrogen) atoms. The zero-order valence-electron chi connectivity index (χ0n) is 29.4. The minimum absolute atomic E-state index is 0.0561. The number of nitrogens with one attached hydrogen (secondary N) is 2. The quantitative estimate of drug-likeness (QED) is 0.159. The summed E-state index contributed by atoms with van der Waals surface area (Å²) in [6.07, 6.45) is 4.55. The number of rotatable bonds is 12. The molecule has 12 heteroatoms. The molecule has 3 aromatic carbocycles. The molecule has 1 aliphatic rings. The number of likely N-dealkylation sites (N-methyl/N-ethyl adjacent to an activating group) is 2. The highest BCUT2D eigenvalue weighted by Gasteiger charge is 2.22. The Bertz CT molecular complexity index is 1850. The number of carbonyl (C=O) groups is 2. The molecule has 0 aliphatic carbocycles. The standard InChI is InChI=1S/C38H44FN7O4/c1-7-45(8-2)34(47)17-13-27-12-16-32(49-6)33(22-27)50-37-29(36(48)42-35-25(3)10-9-11-26(35)4)24-40-38(43-37)41-28-14-15-31(30(39)23-28)46-20-18-44(5)19-21-46/h9-17,22-24H,7-8,18-21H2,1-6H3,(H,42,48)(H,40,41,43). The predicted octanol–water partition coefficient (Wildman–Crippen LogP) is 6.66. The van der Waals surface area contributed by atoms with Crippen LogP contribution in [0.25, 0.3) is 6.08 Å². The van der Waals surface area contributed by atoms with Crippen LogP contribution in [0.5, 0.6) is 17.4 Å². The van der Waals surface area contributed by atoms with E-state index in [1.807, 2.05) is 50.8 Å². The Hall–Kier alpha value is -5.49. The molecular formula is C38H44FN7O4. The number of carbonyl (C=O) groups excluding carboxylic acids is 2. The van der Waals surface area contributed by atoms with Gasteiger partial charge in [0, 0.05) is 62.9 Å². The minimum atomic E-state index is -0.480. The molecule has 1 aromatic heterocycles. The van der Waals surface area contributed by atoms with Crippen LogP contribution < -0.4 is 25.0 Å². The van der Waals surface area contributed by atoms with E-state index in [0.717, 1.165) is 37.3 Å². The van der Waals surface area contributed by atoms with Crippen LogP contribution >= 0.6 is 0 Å². The average molecular weight is 682 g/mol. The highest BCUT2D eigenvalue weighted by molar-refractivity contribution is 6.06. The smallest absolute Gasteiger partial charge is 0.262 e. The van der Waals surface area contributed by atoms with Gasteiger partial charge >= 0.3 is 0 Å². The summed E-state index contributed by atoms with van der Waals surface area (Å²) in [4.78, 5) is 41.2. The van der Waals surface area contributed by atoms with Gasteiger partial charge in [-0.05, 0) is 87.8 Å². The number of ether oxygens (including phenoxy) is 2. The van der Waals surface area contributed by atoms with Gasteiger partial charge in [0.1, 0.15) is 11.4 Å². The van der Waals surface area contributed by atoms with Crippen LogP contribution in [0.4, 0.5) is 27.4 Å². The fraction of sp³-hybridized carbons (Fsp3) is 0.316. The third kappa shape index (κ3) is 8.56. The molecule has 0 saturated carbocycles. The lowest BCUT2D eigenvalue weighted by Gasteiger charge is -2.34. The fourth-order valence-electron chi connectivity index (χ4n) is 5.66. The van der Waals surface area contributed by atoms with Crippen molar-refractivity contribution in [1.29, 1.82) is 0 Å². The summed E-state index contributed by atoms with van der Waals surface area (Å²) in [7, 11) is 3.56. The first-order valence-corrected chi connectivity index (χ1v) is 16.7. The highest BCUT2D eigenvalue weighted by atomic mass is 19.1. The number of para-hydroxylation sites is 1. The van der Waals surface area contributed by atoms with Gasteiger partial charge in [-0.25, -0.2) is 9.37 Å². The average Bonchev–Trinajstić information content (AvgIpc) is 3.10. The number of benzene rings is 3. The number of hydrogen-bond donors (Lipinski definition) is 2. The molecule has 0 radical (unpaired) electrons. The van der Waals surface area contributed by atoms with Crippen molar-refractivity contribution in [2.75, 3.05) is 69.0 Å². The number of nitrogens with zero attached hydrogens (tertiary/aromatic N) is 5. The van der Waals surface area contributed by atoms with Crippen LogP contribution in [-0.2, 0) is 4.79 Å². The Morgan fingerprint density at radius 2 is 1.70 bits per heavy atom. The van der Waals surface area contributed by atoms with E-state index in [1.54, 1.807) is 41.3 Å². The largest absolute Gasteiger partial charge is 0.493 e. The van der Waals surface area contributed by atoms with Crippen LogP contribution in [0.2, 0.25) is 0 Å². The van der Waals surface area contributed by atoms with Crippen molar-refractivity contribution in [2.45, 2.75) is 27.7 Å². The molecule has 0 unspecified atom stereocenters. The van der Waals surface area contributed by atoms with Crippen LogP contribution in [0.3, 0.4) is 0 Å². The Balaban J connectivity index is 1.47. The molecule has 11 nitrogen and oxygen atoms in total. The predicted molar refractivity (Wildman–Crippen MR) is 195 cm³/mol. The van der Waals surface area contributed by atoms with Gasteiger partial charge in [0.15, 0.2) is 11.5 Å². The van der Waals surface area contributed by atoms with Crippen LogP contribution in [0.15, 0.2) is 66.9 Å². The van der Waals surface area contributed by atoms with Gasteiger partial charge in [-0.15, -0.1) is 0 Å². The van der Waals surface area contributed by atoms with Crippen molar-refractivity contribution in [2.24, 2.45) is 0 Å². The summed E-state index contributed by atoms with van der Waals surface area (Å²) in [5.41, 5.74) is 4.16. The van der Waals surface area contributed by atoms with E-state index in [2.05, 4.69) is 32.5 Å². The number of aryl methyl sites for hydroxylation is 2. The first-order valence-electron chi connectivity index (χ1n) is 16.7. The van der Waals surface area contributed by atoms with E-state index in [0.29, 0.717) is 41.5 Å². The number of anilines is 4. The molecule has 1 aliphatic heterocycles. The van der Waals surface area contributed by atoms with Crippen LogP contribution in [0.1, 0.15) is 40.9 Å². The molecule has 0 atom stereocenters. The van der Waals surface area contributed by atoms with Gasteiger partial charge in [-0.2, -0.15) is 4.98 Å². The monoisotopic (exact) mass is 681 g/mol. The molecule has 262 valence electrons. The molecule has 4 aromatic rings. The summed E-state index contributed by atoms with van der Waals surface area (Å²) in [5.74, 6) is -0.278. The van der Waals surface area contributed by atoms with E-state index >= 15 is 4.39 Å². The van der Waals surface area contributed by atoms with E-state index in [4.69, 9.17) is 9.47 Å². The molecule has 0 bridgehead atoms. The van der Waals surface area contributed by atoms with Gasteiger partial charge in [0.2, 0.25) is 17.7 Å². The second-order valence-corrected chi connectivity index (χ2v) is 12.1. The fourth-order valence-corrected chi connectivity index (χ4v) is 5.66. The lowest BCUT2D eigenvalue weighted by Crippen LogP contribution is -2.44. The van der Waals surface area contributed by atoms with Gasteiger partial charge in [-0.1, -0.05) is 24.3 Å². The highest BCUT2D eigenvalue weighted by Crippen LogP contribution is 2.35. The summed E-state index contributed by atoms with van der Waals surface area (Å²) in [6, 6.07) is 15.8. The first kappa shape index (κ1) is 35.8. The second kappa shape index (κ2) is 16.3. The summed E-state index contributed by atoms with van der Waals surface area (Å²) in [5, 5.41) is 6.02. The second-order valence-electron chi connectivity index (χ2n) is 12.1. The third-order valence-corrected chi connectivity index (χ3v) is 8.65. The molecule has 2 amide bonds. The molecule has 0 spiro atoms. The van der Waals surface area contributed by atoms with Crippen LogP contribution in [0, 0.1) is 19.7 Å². The number of halogens is 1. The Morgan fingerprint density at radius 3 is 2.36 bits per heavy atom. The zero-order chi connectivity index (χ0) is 35.8. The summed E-state index contributed by atoms with van der Waals surface area (Å²) in [6.45, 7) is 12.1. The van der Waals surface area contributed by atoms with Crippen molar-refractivity contribution >= 4 is 40.9 Å². The van der Waals surface area contributed by atoms with E-state index in [9.17, 15) is 9.59 Å². The van der Waals surface area contributed by atoms with Crippen molar-refractivity contribution in [3.8, 4) is 17.4 Å². The van der Waals surface area contributed by atoms with Gasteiger partial charge in [0.25, 0.3) is 5.91 Å². The SMILES string of the molecule is CCN(CC)C(=O)C=Cc1ccc(OC)c(Oc2nc(Nc3ccc(N4CCN(C)CC4)c(F)c3)ncc2C(=O)Nc2c(C)cccc2C)c1. The number of piperazine rings is 1. The van der Waals surface area contributed by atoms with E-state index in [1.165, 1.54) is 25.4 Å². The molecule has 2 N–H and O–H groups in total. The molecule has 5 rings (SSSR count). The Labute approximate surface area is 292 Å². The normalized spacial score (nSPS) is 13.3. The van der Waals surface area contributed by atoms with Gasteiger partial charge < -0.3 is 34.8 Å². The summed E-state index contributed by atoms with van der Waals surface area (Å²) >= 11 is 0. The Kier molecular flexibility index (Phi) is 11.7. The number of hydrogen-bond acceptors (Lipinski definition) is 9. The lowest BCUT2D eigenvalue weighted by molar-refractivity contribution is -0.125. The molecule has 1 fully saturated rings. The van der Waals surface area contributed by atoms with E-state index < -0.39 is 5.91 Å². The van der Waals surface area contributed by atoms with Gasteiger partial charge in [-0.3, -0.25) is 9.59 Å². The molecular weight excluding hydrogens is 637 g/mol. The van der Waals surface area contributed by atoms with Crippen molar-refractivity contribution in [3.05, 3.63) is 94.9 Å². The maximum Gasteiger partial charge on any atom is 0.262 e. The maximum absolute atomic E-state index is 15.3. The van der Waals surface area contributed by atoms with Crippen molar-refractivity contribution in [3.63, 3.8) is 0 Å². The molecule has 1 saturated heterocycles. The van der Waals surface area contributed by atoms with E-state index in [-0.39, 0.29) is 34.9 Å². The number of aromatic nitrogens is 2. The van der Waals surface area contributed by atoms with Crippen molar-refractivity contribution in [1.82, 2.24) is 19.8 Å². The number of amides is 2. The minimum Gasteiger partial charge on any atom is -0.493 e. The number of methoxy groups -OCH3 is 1. The first-order chi connectivity index (χ1) is 24.1. The third-order valence-electron chi connectivity index (χ3n) is 8.65. The maximum atomic E-state index is 15.3. The van der Waals surface area contributed by atoms with Crippen molar-refractivity contribution < 1.29 is 23.5 Å². The molecule has 2 heterocycles. The summed E-state index contributed by atoms with van der Waals surface area (Å²) < 4.78 is 27.2. The van der Waals surface area contributed by atoms with Crippen LogP contribution in [-0.4, -0.2) is 85.0 Å². The zero-order valence-corrected chi connectivity index (χ0v) is 29.4. The Morgan fingerprint density at radius 1 is 0.980 bits per heavy atom. The topological polar surface area (TPSA) is 112 Å². The lowest BCUT2D eigenvalue weighted by atomic mass is 10.1. The van der Waals surface area contributed by atoms with Gasteiger partial charge in [0.05, 0.1) is 12.8 Å².